The molecule has 206 valence electrons. The molecule has 0 N–H and O–H groups in total. The van der Waals surface area contributed by atoms with Crippen LogP contribution in [-0.4, -0.2) is 23.7 Å². The highest BCUT2D eigenvalue weighted by Crippen LogP contribution is 2.55. The molecule has 0 amide bonds. The number of carbonyl (C=O) groups is 1. The van der Waals surface area contributed by atoms with Gasteiger partial charge in [-0.3, -0.25) is 9.78 Å². The number of hydrogen-bond donors (Lipinski definition) is 0. The first-order chi connectivity index (χ1) is 18.9. The largest absolute Gasteiger partial charge is 0.490 e. The van der Waals surface area contributed by atoms with Gasteiger partial charge < -0.3 is 9.47 Å². The van der Waals surface area contributed by atoms with Crippen LogP contribution in [0.5, 0.6) is 5.75 Å². The molecule has 2 aliphatic rings. The molecular formula is C33H37Cl2NO3. The first-order valence-corrected chi connectivity index (χ1v) is 15.0. The predicted molar refractivity (Wildman–Crippen MR) is 158 cm³/mol. The molecule has 6 heteroatoms. The minimum absolute atomic E-state index is 0.0884. The van der Waals surface area contributed by atoms with Gasteiger partial charge in [-0.2, -0.15) is 0 Å². The number of aryl methyl sites for hydroxylation is 1. The molecule has 39 heavy (non-hydrogen) atoms. The molecule has 2 saturated carbocycles. The fourth-order valence-electron chi connectivity index (χ4n) is 5.50. The van der Waals surface area contributed by atoms with Crippen molar-refractivity contribution in [2.24, 2.45) is 0 Å². The van der Waals surface area contributed by atoms with Crippen LogP contribution >= 0.6 is 23.2 Å². The van der Waals surface area contributed by atoms with Gasteiger partial charge in [-0.05, 0) is 116 Å². The van der Waals surface area contributed by atoms with Gasteiger partial charge in [0.25, 0.3) is 0 Å². The highest BCUT2D eigenvalue weighted by Gasteiger charge is 2.45. The van der Waals surface area contributed by atoms with E-state index >= 15 is 0 Å². The molecule has 4 nitrogen and oxygen atoms in total. The van der Waals surface area contributed by atoms with E-state index in [4.69, 9.17) is 32.7 Å². The number of pyridine rings is 1. The second-order valence-electron chi connectivity index (χ2n) is 11.1. The molecule has 2 aliphatic carbocycles. The molecule has 1 heterocycles. The number of hydrogen-bond acceptors (Lipinski definition) is 4. The first kappa shape index (κ1) is 28.0. The molecule has 3 aromatic rings. The van der Waals surface area contributed by atoms with E-state index in [1.165, 1.54) is 11.1 Å². The maximum atomic E-state index is 11.7. The summed E-state index contributed by atoms with van der Waals surface area (Å²) in [6.45, 7) is 4.38. The standard InChI is InChI=1S/C33H37Cl2NO3/c1-3-38-32(37)10-6-7-22(2)27-20-29(34)23(19-30(27)35)13-15-33(16-17-33)28-21-36-18-14-25(28)26-8-4-5-9-31(26)39-24-11-12-24/h4-5,8-9,14,18-22,24H,3,6-7,10-13,15-17H2,1-2H3. The topological polar surface area (TPSA) is 48.4 Å². The lowest BCUT2D eigenvalue weighted by Crippen LogP contribution is -2.11. The predicted octanol–water partition coefficient (Wildman–Crippen LogP) is 9.10. The number of esters is 1. The normalized spacial score (nSPS) is 16.5. The average molecular weight is 567 g/mol. The van der Waals surface area contributed by atoms with Gasteiger partial charge in [0.1, 0.15) is 5.75 Å². The summed E-state index contributed by atoms with van der Waals surface area (Å²) in [5, 5.41) is 1.51. The maximum absolute atomic E-state index is 11.7. The van der Waals surface area contributed by atoms with Crippen molar-refractivity contribution in [1.29, 1.82) is 0 Å². The smallest absolute Gasteiger partial charge is 0.305 e. The van der Waals surface area contributed by atoms with Gasteiger partial charge in [0.05, 0.1) is 12.7 Å². The summed E-state index contributed by atoms with van der Waals surface area (Å²) < 4.78 is 11.3. The number of ether oxygens (including phenoxy) is 2. The van der Waals surface area contributed by atoms with E-state index in [9.17, 15) is 4.79 Å². The summed E-state index contributed by atoms with van der Waals surface area (Å²) in [6, 6.07) is 14.6. The number of benzene rings is 2. The van der Waals surface area contributed by atoms with E-state index in [2.05, 4.69) is 36.2 Å². The fourth-order valence-corrected chi connectivity index (χ4v) is 6.14. The van der Waals surface area contributed by atoms with Crippen molar-refractivity contribution in [1.82, 2.24) is 4.98 Å². The number of halogens is 2. The van der Waals surface area contributed by atoms with Crippen molar-refractivity contribution >= 4 is 29.2 Å². The van der Waals surface area contributed by atoms with Crippen LogP contribution in [0.3, 0.4) is 0 Å². The Balaban J connectivity index is 1.29. The Kier molecular flexibility index (Phi) is 8.83. The number of aromatic nitrogens is 1. The summed E-state index contributed by atoms with van der Waals surface area (Å²) in [7, 11) is 0. The summed E-state index contributed by atoms with van der Waals surface area (Å²) in [4.78, 5) is 16.2. The third kappa shape index (κ3) is 6.78. The Hall–Kier alpha value is -2.56. The lowest BCUT2D eigenvalue weighted by molar-refractivity contribution is -0.143. The van der Waals surface area contributed by atoms with Crippen LogP contribution in [0.4, 0.5) is 0 Å². The Morgan fingerprint density at radius 3 is 2.64 bits per heavy atom. The number of nitrogens with zero attached hydrogens (tertiary/aromatic N) is 1. The fraction of sp³-hybridized carbons (Fsp3) is 0.455. The van der Waals surface area contributed by atoms with Crippen LogP contribution in [0.25, 0.3) is 11.1 Å². The second-order valence-corrected chi connectivity index (χ2v) is 11.9. The molecule has 2 fully saturated rings. The van der Waals surface area contributed by atoms with Gasteiger partial charge in [0, 0.05) is 34.4 Å². The highest BCUT2D eigenvalue weighted by molar-refractivity contribution is 6.34. The Morgan fingerprint density at radius 1 is 1.10 bits per heavy atom. The van der Waals surface area contributed by atoms with Crippen molar-refractivity contribution < 1.29 is 14.3 Å². The van der Waals surface area contributed by atoms with E-state index in [0.717, 1.165) is 83.9 Å². The van der Waals surface area contributed by atoms with Crippen molar-refractivity contribution in [2.75, 3.05) is 6.61 Å². The van der Waals surface area contributed by atoms with Crippen molar-refractivity contribution in [3.8, 4) is 16.9 Å². The zero-order valence-electron chi connectivity index (χ0n) is 22.8. The zero-order valence-corrected chi connectivity index (χ0v) is 24.4. The lowest BCUT2D eigenvalue weighted by atomic mass is 9.85. The third-order valence-corrected chi connectivity index (χ3v) is 8.81. The molecular weight excluding hydrogens is 529 g/mol. The minimum Gasteiger partial charge on any atom is -0.490 e. The molecule has 0 bridgehead atoms. The molecule has 0 aliphatic heterocycles. The van der Waals surface area contributed by atoms with E-state index < -0.39 is 0 Å². The van der Waals surface area contributed by atoms with Crippen LogP contribution in [-0.2, 0) is 21.4 Å². The molecule has 5 rings (SSSR count). The molecule has 1 atom stereocenters. The molecule has 0 saturated heterocycles. The summed E-state index contributed by atoms with van der Waals surface area (Å²) in [5.74, 6) is 1.03. The average Bonchev–Trinajstić information content (AvgIpc) is 3.87. The Labute approximate surface area is 242 Å². The van der Waals surface area contributed by atoms with Crippen LogP contribution in [0.15, 0.2) is 54.9 Å². The molecule has 0 radical (unpaired) electrons. The quantitative estimate of drug-likeness (QED) is 0.194. The van der Waals surface area contributed by atoms with Gasteiger partial charge >= 0.3 is 5.97 Å². The molecule has 1 aromatic heterocycles. The number of para-hydroxylation sites is 1. The molecule has 1 unspecified atom stereocenters. The SMILES string of the molecule is CCOC(=O)CCCC(C)c1cc(Cl)c(CCC2(c3cnccc3-c3ccccc3OC3CC3)CC2)cc1Cl. The van der Waals surface area contributed by atoms with E-state index in [1.807, 2.05) is 37.5 Å². The second kappa shape index (κ2) is 12.3. The highest BCUT2D eigenvalue weighted by atomic mass is 35.5. The monoisotopic (exact) mass is 565 g/mol. The van der Waals surface area contributed by atoms with Gasteiger partial charge in [-0.15, -0.1) is 0 Å². The number of rotatable bonds is 13. The van der Waals surface area contributed by atoms with Crippen molar-refractivity contribution in [3.05, 3.63) is 81.6 Å². The van der Waals surface area contributed by atoms with Crippen LogP contribution in [0, 0.1) is 0 Å². The Morgan fingerprint density at radius 2 is 1.90 bits per heavy atom. The number of carbonyl (C=O) groups excluding carboxylic acids is 1. The minimum atomic E-state index is -0.145. The van der Waals surface area contributed by atoms with E-state index in [0.29, 0.717) is 19.1 Å². The zero-order chi connectivity index (χ0) is 27.4. The lowest BCUT2D eigenvalue weighted by Gasteiger charge is -2.22. The van der Waals surface area contributed by atoms with Crippen molar-refractivity contribution in [2.45, 2.75) is 89.1 Å². The van der Waals surface area contributed by atoms with Gasteiger partial charge in [-0.25, -0.2) is 0 Å². The van der Waals surface area contributed by atoms with Gasteiger partial charge in [0.15, 0.2) is 0 Å². The summed E-state index contributed by atoms with van der Waals surface area (Å²) >= 11 is 13.6. The van der Waals surface area contributed by atoms with Crippen molar-refractivity contribution in [3.63, 3.8) is 0 Å². The van der Waals surface area contributed by atoms with Gasteiger partial charge in [0.2, 0.25) is 0 Å². The summed E-state index contributed by atoms with van der Waals surface area (Å²) in [5.41, 5.74) is 5.87. The van der Waals surface area contributed by atoms with E-state index in [-0.39, 0.29) is 17.3 Å². The Bertz CT molecular complexity index is 1320. The molecule has 2 aromatic carbocycles. The van der Waals surface area contributed by atoms with Gasteiger partial charge in [-0.1, -0.05) is 48.3 Å². The third-order valence-electron chi connectivity index (χ3n) is 8.13. The summed E-state index contributed by atoms with van der Waals surface area (Å²) in [6.07, 6.45) is 12.7. The molecule has 0 spiro atoms. The first-order valence-electron chi connectivity index (χ1n) is 14.2. The maximum Gasteiger partial charge on any atom is 0.305 e. The van der Waals surface area contributed by atoms with E-state index in [1.54, 1.807) is 0 Å². The van der Waals surface area contributed by atoms with Crippen LogP contribution in [0.2, 0.25) is 10.0 Å². The van der Waals surface area contributed by atoms with Crippen LogP contribution in [0.1, 0.15) is 87.8 Å². The van der Waals surface area contributed by atoms with Crippen LogP contribution < -0.4 is 4.74 Å².